The molecule has 17 heavy (non-hydrogen) atoms. The number of rotatable bonds is 6. The van der Waals surface area contributed by atoms with E-state index in [1.807, 2.05) is 26.0 Å². The van der Waals surface area contributed by atoms with Gasteiger partial charge in [-0.3, -0.25) is 0 Å². The Hall–Kier alpha value is -1.02. The van der Waals surface area contributed by atoms with Crippen LogP contribution in [0, 0.1) is 13.8 Å². The Morgan fingerprint density at radius 1 is 1.18 bits per heavy atom. The van der Waals surface area contributed by atoms with Gasteiger partial charge in [-0.1, -0.05) is 19.8 Å². The molecule has 0 heterocycles. The number of hydrogen-bond acceptors (Lipinski definition) is 2. The highest BCUT2D eigenvalue weighted by molar-refractivity contribution is 5.43. The largest absolute Gasteiger partial charge is 0.493 e. The lowest BCUT2D eigenvalue weighted by Crippen LogP contribution is -2.02. The van der Waals surface area contributed by atoms with E-state index in [9.17, 15) is 5.11 Å². The smallest absolute Gasteiger partial charge is 0.125 e. The molecule has 0 spiro atoms. The van der Waals surface area contributed by atoms with Crippen molar-refractivity contribution in [2.24, 2.45) is 0 Å². The van der Waals surface area contributed by atoms with E-state index in [4.69, 9.17) is 4.74 Å². The Bertz CT molecular complexity index is 333. The maximum Gasteiger partial charge on any atom is 0.125 e. The SMILES string of the molecule is CCCCCOc1c(C)cc([C@@H](C)O)cc1C. The normalized spacial score (nSPS) is 12.5. The van der Waals surface area contributed by atoms with Crippen molar-refractivity contribution in [1.82, 2.24) is 0 Å². The lowest BCUT2D eigenvalue weighted by Gasteiger charge is -2.15. The van der Waals surface area contributed by atoms with E-state index in [1.165, 1.54) is 12.8 Å². The van der Waals surface area contributed by atoms with Crippen LogP contribution in [0.3, 0.4) is 0 Å². The van der Waals surface area contributed by atoms with E-state index in [0.717, 1.165) is 35.5 Å². The van der Waals surface area contributed by atoms with Gasteiger partial charge in [-0.15, -0.1) is 0 Å². The highest BCUT2D eigenvalue weighted by Gasteiger charge is 2.09. The van der Waals surface area contributed by atoms with Crippen LogP contribution in [0.2, 0.25) is 0 Å². The molecule has 0 saturated heterocycles. The van der Waals surface area contributed by atoms with Crippen molar-refractivity contribution in [1.29, 1.82) is 0 Å². The molecule has 0 aliphatic carbocycles. The second-order valence-electron chi connectivity index (χ2n) is 4.72. The molecule has 0 saturated carbocycles. The first-order valence-corrected chi connectivity index (χ1v) is 6.48. The van der Waals surface area contributed by atoms with Crippen LogP contribution < -0.4 is 4.74 Å². The van der Waals surface area contributed by atoms with Crippen LogP contribution in [0.15, 0.2) is 12.1 Å². The molecule has 0 unspecified atom stereocenters. The molecule has 0 fully saturated rings. The van der Waals surface area contributed by atoms with E-state index in [0.29, 0.717) is 0 Å². The number of aliphatic hydroxyl groups excluding tert-OH is 1. The molecule has 1 atom stereocenters. The van der Waals surface area contributed by atoms with E-state index < -0.39 is 6.10 Å². The number of ether oxygens (including phenoxy) is 1. The molecule has 2 heteroatoms. The van der Waals surface area contributed by atoms with Gasteiger partial charge >= 0.3 is 0 Å². The predicted octanol–water partition coefficient (Wildman–Crippen LogP) is 3.93. The van der Waals surface area contributed by atoms with Crippen molar-refractivity contribution >= 4 is 0 Å². The van der Waals surface area contributed by atoms with Crippen molar-refractivity contribution in [3.8, 4) is 5.75 Å². The van der Waals surface area contributed by atoms with Crippen LogP contribution >= 0.6 is 0 Å². The number of aliphatic hydroxyl groups is 1. The summed E-state index contributed by atoms with van der Waals surface area (Å²) in [6.07, 6.45) is 3.11. The van der Waals surface area contributed by atoms with Gasteiger partial charge in [0.15, 0.2) is 0 Å². The molecule has 0 aliphatic heterocycles. The van der Waals surface area contributed by atoms with Crippen LogP contribution in [0.1, 0.15) is 55.9 Å². The molecule has 0 aromatic heterocycles. The quantitative estimate of drug-likeness (QED) is 0.758. The van der Waals surface area contributed by atoms with Gasteiger partial charge in [0.2, 0.25) is 0 Å². The molecule has 96 valence electrons. The number of aryl methyl sites for hydroxylation is 2. The summed E-state index contributed by atoms with van der Waals surface area (Å²) in [7, 11) is 0. The van der Waals surface area contributed by atoms with Crippen molar-refractivity contribution in [2.45, 2.75) is 53.1 Å². The first kappa shape index (κ1) is 14.0. The number of benzene rings is 1. The zero-order valence-corrected chi connectivity index (χ0v) is 11.4. The van der Waals surface area contributed by atoms with E-state index in [2.05, 4.69) is 6.92 Å². The monoisotopic (exact) mass is 236 g/mol. The van der Waals surface area contributed by atoms with Gasteiger partial charge in [0, 0.05) is 0 Å². The molecule has 1 rings (SSSR count). The summed E-state index contributed by atoms with van der Waals surface area (Å²) in [5.74, 6) is 0.977. The molecule has 2 nitrogen and oxygen atoms in total. The molecular formula is C15H24O2. The predicted molar refractivity (Wildman–Crippen MR) is 71.6 cm³/mol. The molecule has 1 N–H and O–H groups in total. The van der Waals surface area contributed by atoms with Crippen molar-refractivity contribution in [3.63, 3.8) is 0 Å². The average molecular weight is 236 g/mol. The van der Waals surface area contributed by atoms with E-state index in [1.54, 1.807) is 6.92 Å². The molecule has 0 radical (unpaired) electrons. The summed E-state index contributed by atoms with van der Waals surface area (Å²) in [5.41, 5.74) is 3.18. The lowest BCUT2D eigenvalue weighted by molar-refractivity contribution is 0.199. The summed E-state index contributed by atoms with van der Waals surface area (Å²) >= 11 is 0. The Morgan fingerprint density at radius 2 is 1.76 bits per heavy atom. The third-order valence-electron chi connectivity index (χ3n) is 2.96. The molecule has 1 aromatic rings. The average Bonchev–Trinajstić information content (AvgIpc) is 2.26. The molecule has 0 amide bonds. The van der Waals surface area contributed by atoms with Crippen LogP contribution in [0.5, 0.6) is 5.75 Å². The van der Waals surface area contributed by atoms with E-state index >= 15 is 0 Å². The zero-order chi connectivity index (χ0) is 12.8. The Labute approximate surface area is 105 Å². The Balaban J connectivity index is 2.72. The lowest BCUT2D eigenvalue weighted by atomic mass is 10.0. The number of hydrogen-bond donors (Lipinski definition) is 1. The Kier molecular flexibility index (Phi) is 5.49. The van der Waals surface area contributed by atoms with Crippen LogP contribution in [-0.2, 0) is 0 Å². The van der Waals surface area contributed by atoms with Gasteiger partial charge in [-0.25, -0.2) is 0 Å². The minimum Gasteiger partial charge on any atom is -0.493 e. The fourth-order valence-corrected chi connectivity index (χ4v) is 1.98. The minimum atomic E-state index is -0.415. The molecule has 1 aromatic carbocycles. The van der Waals surface area contributed by atoms with Gasteiger partial charge in [0.1, 0.15) is 5.75 Å². The molecule has 0 aliphatic rings. The summed E-state index contributed by atoms with van der Waals surface area (Å²) in [4.78, 5) is 0. The fourth-order valence-electron chi connectivity index (χ4n) is 1.98. The molecule has 0 bridgehead atoms. The van der Waals surface area contributed by atoms with Crippen LogP contribution in [-0.4, -0.2) is 11.7 Å². The Morgan fingerprint density at radius 3 is 2.24 bits per heavy atom. The first-order chi connectivity index (χ1) is 8.06. The zero-order valence-electron chi connectivity index (χ0n) is 11.4. The summed E-state index contributed by atoms with van der Waals surface area (Å²) < 4.78 is 5.82. The maximum absolute atomic E-state index is 9.57. The second-order valence-corrected chi connectivity index (χ2v) is 4.72. The van der Waals surface area contributed by atoms with Gasteiger partial charge in [-0.2, -0.15) is 0 Å². The van der Waals surface area contributed by atoms with Crippen molar-refractivity contribution in [2.75, 3.05) is 6.61 Å². The first-order valence-electron chi connectivity index (χ1n) is 6.48. The van der Waals surface area contributed by atoms with Crippen LogP contribution in [0.25, 0.3) is 0 Å². The fraction of sp³-hybridized carbons (Fsp3) is 0.600. The van der Waals surface area contributed by atoms with Gasteiger partial charge in [0.05, 0.1) is 12.7 Å². The highest BCUT2D eigenvalue weighted by atomic mass is 16.5. The van der Waals surface area contributed by atoms with Gasteiger partial charge in [0.25, 0.3) is 0 Å². The maximum atomic E-state index is 9.57. The standard InChI is InChI=1S/C15H24O2/c1-5-6-7-8-17-15-11(2)9-14(13(4)16)10-12(15)3/h9-10,13,16H,5-8H2,1-4H3/t13-/m1/s1. The van der Waals surface area contributed by atoms with Crippen molar-refractivity contribution < 1.29 is 9.84 Å². The third kappa shape index (κ3) is 4.04. The van der Waals surface area contributed by atoms with Crippen molar-refractivity contribution in [3.05, 3.63) is 28.8 Å². The second kappa shape index (κ2) is 6.65. The van der Waals surface area contributed by atoms with Gasteiger partial charge < -0.3 is 9.84 Å². The van der Waals surface area contributed by atoms with Gasteiger partial charge in [-0.05, 0) is 56.0 Å². The third-order valence-corrected chi connectivity index (χ3v) is 2.96. The highest BCUT2D eigenvalue weighted by Crippen LogP contribution is 2.27. The number of unbranched alkanes of at least 4 members (excludes halogenated alkanes) is 2. The molecular weight excluding hydrogens is 212 g/mol. The van der Waals surface area contributed by atoms with E-state index in [-0.39, 0.29) is 0 Å². The summed E-state index contributed by atoms with van der Waals surface area (Å²) in [6, 6.07) is 4.01. The van der Waals surface area contributed by atoms with Crippen LogP contribution in [0.4, 0.5) is 0 Å². The summed E-state index contributed by atoms with van der Waals surface area (Å²) in [6.45, 7) is 8.83. The minimum absolute atomic E-state index is 0.415. The topological polar surface area (TPSA) is 29.5 Å². The summed E-state index contributed by atoms with van der Waals surface area (Å²) in [5, 5.41) is 9.57.